The lowest BCUT2D eigenvalue weighted by Gasteiger charge is -2.18. The van der Waals surface area contributed by atoms with E-state index < -0.39 is 0 Å². The fraction of sp³-hybridized carbons (Fsp3) is 0.263. The number of aromatic nitrogens is 2. The second kappa shape index (κ2) is 6.65. The number of fused-ring (bicyclic) bond motifs is 1. The lowest BCUT2D eigenvalue weighted by Crippen LogP contribution is -2.28. The summed E-state index contributed by atoms with van der Waals surface area (Å²) in [7, 11) is 1.84. The van der Waals surface area contributed by atoms with Crippen LogP contribution in [0, 0.1) is 0 Å². The van der Waals surface area contributed by atoms with Crippen LogP contribution in [0.1, 0.15) is 35.1 Å². The Kier molecular flexibility index (Phi) is 4.42. The minimum absolute atomic E-state index is 0.0102. The molecule has 0 atom stereocenters. The molecule has 0 aliphatic carbocycles. The first-order valence-electron chi connectivity index (χ1n) is 7.96. The van der Waals surface area contributed by atoms with Crippen LogP contribution in [0.4, 0.5) is 0 Å². The van der Waals surface area contributed by atoms with Crippen LogP contribution in [0.3, 0.4) is 0 Å². The van der Waals surface area contributed by atoms with Gasteiger partial charge >= 0.3 is 0 Å². The molecule has 0 spiro atoms. The molecule has 0 aliphatic heterocycles. The predicted octanol–water partition coefficient (Wildman–Crippen LogP) is 3.56. The van der Waals surface area contributed by atoms with Gasteiger partial charge in [0.2, 0.25) is 0 Å². The van der Waals surface area contributed by atoms with Gasteiger partial charge in [-0.3, -0.25) is 9.20 Å². The van der Waals surface area contributed by atoms with Crippen LogP contribution in [0.15, 0.2) is 54.7 Å². The number of aryl methyl sites for hydroxylation is 1. The third kappa shape index (κ3) is 3.11. The van der Waals surface area contributed by atoms with Gasteiger partial charge in [-0.25, -0.2) is 4.98 Å². The Morgan fingerprint density at radius 1 is 1.13 bits per heavy atom. The summed E-state index contributed by atoms with van der Waals surface area (Å²) < 4.78 is 1.90. The highest BCUT2D eigenvalue weighted by Gasteiger charge is 2.21. The summed E-state index contributed by atoms with van der Waals surface area (Å²) >= 11 is 0. The first kappa shape index (κ1) is 15.3. The molecule has 2 heterocycles. The average Bonchev–Trinajstić information content (AvgIpc) is 2.93. The van der Waals surface area contributed by atoms with Gasteiger partial charge in [0.15, 0.2) is 0 Å². The van der Waals surface area contributed by atoms with Crippen LogP contribution in [0.2, 0.25) is 0 Å². The first-order valence-corrected chi connectivity index (χ1v) is 7.96. The van der Waals surface area contributed by atoms with Gasteiger partial charge in [-0.05, 0) is 24.1 Å². The van der Waals surface area contributed by atoms with Gasteiger partial charge in [0.1, 0.15) is 11.3 Å². The molecule has 2 aromatic heterocycles. The van der Waals surface area contributed by atoms with E-state index in [1.54, 1.807) is 4.90 Å². The molecule has 1 amide bonds. The maximum absolute atomic E-state index is 13.0. The lowest BCUT2D eigenvalue weighted by molar-refractivity contribution is 0.0777. The molecule has 3 aromatic rings. The molecule has 0 N–H and O–H groups in total. The Balaban J connectivity index is 1.94. The van der Waals surface area contributed by atoms with Crippen molar-refractivity contribution in [3.05, 3.63) is 71.7 Å². The number of pyridine rings is 1. The van der Waals surface area contributed by atoms with Gasteiger partial charge in [0.05, 0.1) is 5.69 Å². The van der Waals surface area contributed by atoms with Crippen LogP contribution in [0.25, 0.3) is 5.65 Å². The molecule has 3 rings (SSSR count). The van der Waals surface area contributed by atoms with Crippen LogP contribution >= 0.6 is 0 Å². The normalized spacial score (nSPS) is 10.9. The molecule has 4 nitrogen and oxygen atoms in total. The highest BCUT2D eigenvalue weighted by Crippen LogP contribution is 2.17. The number of carbonyl (C=O) groups excluding carboxylic acids is 1. The van der Waals surface area contributed by atoms with E-state index in [0.29, 0.717) is 12.2 Å². The van der Waals surface area contributed by atoms with Crippen molar-refractivity contribution >= 4 is 11.6 Å². The minimum Gasteiger partial charge on any atom is -0.336 e. The van der Waals surface area contributed by atoms with E-state index in [1.165, 1.54) is 0 Å². The van der Waals surface area contributed by atoms with Crippen molar-refractivity contribution < 1.29 is 4.79 Å². The zero-order chi connectivity index (χ0) is 16.2. The number of imidazole rings is 1. The van der Waals surface area contributed by atoms with Gasteiger partial charge in [-0.1, -0.05) is 49.7 Å². The van der Waals surface area contributed by atoms with Crippen molar-refractivity contribution in [3.63, 3.8) is 0 Å². The number of amides is 1. The molecule has 0 fully saturated rings. The quantitative estimate of drug-likeness (QED) is 0.723. The molecular formula is C19H21N3O. The van der Waals surface area contributed by atoms with Gasteiger partial charge in [-0.2, -0.15) is 0 Å². The minimum atomic E-state index is 0.0102. The van der Waals surface area contributed by atoms with E-state index in [1.807, 2.05) is 66.2 Å². The second-order valence-corrected chi connectivity index (χ2v) is 5.73. The Labute approximate surface area is 136 Å². The molecule has 0 saturated carbocycles. The zero-order valence-electron chi connectivity index (χ0n) is 13.6. The van der Waals surface area contributed by atoms with Gasteiger partial charge in [0.25, 0.3) is 5.91 Å². The van der Waals surface area contributed by atoms with Gasteiger partial charge in [-0.15, -0.1) is 0 Å². The van der Waals surface area contributed by atoms with Crippen molar-refractivity contribution in [3.8, 4) is 0 Å². The summed E-state index contributed by atoms with van der Waals surface area (Å²) in [5, 5.41) is 0. The van der Waals surface area contributed by atoms with Crippen molar-refractivity contribution in [1.82, 2.24) is 14.3 Å². The number of nitrogens with zero attached hydrogens (tertiary/aromatic N) is 3. The molecule has 4 heteroatoms. The highest BCUT2D eigenvalue weighted by atomic mass is 16.2. The number of hydrogen-bond donors (Lipinski definition) is 0. The second-order valence-electron chi connectivity index (χ2n) is 5.73. The fourth-order valence-electron chi connectivity index (χ4n) is 2.79. The van der Waals surface area contributed by atoms with Crippen LogP contribution < -0.4 is 0 Å². The molecule has 23 heavy (non-hydrogen) atoms. The molecule has 0 unspecified atom stereocenters. The number of rotatable bonds is 5. The smallest absolute Gasteiger partial charge is 0.272 e. The SMILES string of the molecule is CCCc1nc2ccccn2c1C(=O)N(C)Cc1ccccc1. The first-order chi connectivity index (χ1) is 11.2. The third-order valence-electron chi connectivity index (χ3n) is 3.90. The number of benzene rings is 1. The fourth-order valence-corrected chi connectivity index (χ4v) is 2.79. The Hall–Kier alpha value is -2.62. The van der Waals surface area contributed by atoms with E-state index in [0.717, 1.165) is 29.7 Å². The molecule has 1 aromatic carbocycles. The maximum atomic E-state index is 13.0. The number of hydrogen-bond acceptors (Lipinski definition) is 2. The van der Waals surface area contributed by atoms with Crippen molar-refractivity contribution in [2.45, 2.75) is 26.3 Å². The third-order valence-corrected chi connectivity index (χ3v) is 3.90. The monoisotopic (exact) mass is 307 g/mol. The maximum Gasteiger partial charge on any atom is 0.272 e. The standard InChI is InChI=1S/C19H21N3O/c1-3-9-16-18(22-13-8-7-12-17(22)20-16)19(23)21(2)14-15-10-5-4-6-11-15/h4-8,10-13H,3,9,14H2,1-2H3. The zero-order valence-corrected chi connectivity index (χ0v) is 13.6. The Morgan fingerprint density at radius 2 is 1.87 bits per heavy atom. The summed E-state index contributed by atoms with van der Waals surface area (Å²) in [6, 6.07) is 15.8. The largest absolute Gasteiger partial charge is 0.336 e. The van der Waals surface area contributed by atoms with Crippen LogP contribution in [-0.2, 0) is 13.0 Å². The van der Waals surface area contributed by atoms with Crippen LogP contribution in [-0.4, -0.2) is 27.2 Å². The Morgan fingerprint density at radius 3 is 2.61 bits per heavy atom. The molecule has 0 bridgehead atoms. The van der Waals surface area contributed by atoms with Crippen molar-refractivity contribution in [2.75, 3.05) is 7.05 Å². The predicted molar refractivity (Wildman–Crippen MR) is 91.4 cm³/mol. The van der Waals surface area contributed by atoms with Crippen molar-refractivity contribution in [2.24, 2.45) is 0 Å². The molecule has 0 radical (unpaired) electrons. The summed E-state index contributed by atoms with van der Waals surface area (Å²) in [6.45, 7) is 2.69. The van der Waals surface area contributed by atoms with E-state index in [4.69, 9.17) is 0 Å². The molecule has 118 valence electrons. The van der Waals surface area contributed by atoms with Gasteiger partial charge in [0, 0.05) is 19.8 Å². The number of carbonyl (C=O) groups is 1. The summed E-state index contributed by atoms with van der Waals surface area (Å²) in [4.78, 5) is 19.4. The van der Waals surface area contributed by atoms with E-state index in [2.05, 4.69) is 11.9 Å². The van der Waals surface area contributed by atoms with E-state index in [-0.39, 0.29) is 5.91 Å². The Bertz CT molecular complexity index is 808. The summed E-state index contributed by atoms with van der Waals surface area (Å²) in [6.07, 6.45) is 3.68. The van der Waals surface area contributed by atoms with E-state index >= 15 is 0 Å². The van der Waals surface area contributed by atoms with Crippen LogP contribution in [0.5, 0.6) is 0 Å². The summed E-state index contributed by atoms with van der Waals surface area (Å²) in [5.41, 5.74) is 3.51. The lowest BCUT2D eigenvalue weighted by atomic mass is 10.1. The average molecular weight is 307 g/mol. The molecular weight excluding hydrogens is 286 g/mol. The highest BCUT2D eigenvalue weighted by molar-refractivity contribution is 5.94. The summed E-state index contributed by atoms with van der Waals surface area (Å²) in [5.74, 6) is 0.0102. The topological polar surface area (TPSA) is 37.6 Å². The van der Waals surface area contributed by atoms with Crippen molar-refractivity contribution in [1.29, 1.82) is 0 Å². The molecule has 0 saturated heterocycles. The van der Waals surface area contributed by atoms with Gasteiger partial charge < -0.3 is 4.90 Å². The van der Waals surface area contributed by atoms with E-state index in [9.17, 15) is 4.79 Å². The molecule has 0 aliphatic rings.